The number of benzene rings is 1. The van der Waals surface area contributed by atoms with Crippen LogP contribution in [0.15, 0.2) is 29.9 Å². The molecular weight excluding hydrogens is 481 g/mol. The molecule has 2 atom stereocenters. The first-order valence-corrected chi connectivity index (χ1v) is 12.6. The van der Waals surface area contributed by atoms with E-state index in [2.05, 4.69) is 9.97 Å². The van der Waals surface area contributed by atoms with Gasteiger partial charge in [0.1, 0.15) is 28.5 Å². The Hall–Kier alpha value is -2.49. The first-order chi connectivity index (χ1) is 16.4. The van der Waals surface area contributed by atoms with E-state index in [1.54, 1.807) is 11.0 Å². The molecule has 7 nitrogen and oxygen atoms in total. The number of piperidine rings is 1. The minimum absolute atomic E-state index is 0.0167. The van der Waals surface area contributed by atoms with E-state index in [-0.39, 0.29) is 35.5 Å². The number of fused-ring (bicyclic) bond motifs is 3. The van der Waals surface area contributed by atoms with Gasteiger partial charge in [0.25, 0.3) is 0 Å². The van der Waals surface area contributed by atoms with Gasteiger partial charge in [-0.15, -0.1) is 11.3 Å². The predicted molar refractivity (Wildman–Crippen MR) is 126 cm³/mol. The van der Waals surface area contributed by atoms with E-state index in [1.807, 2.05) is 12.3 Å². The van der Waals surface area contributed by atoms with Crippen LogP contribution in [0.1, 0.15) is 19.8 Å². The van der Waals surface area contributed by atoms with Gasteiger partial charge in [0.05, 0.1) is 23.8 Å². The summed E-state index contributed by atoms with van der Waals surface area (Å²) in [4.78, 5) is 23.3. The number of likely N-dealkylation sites (tertiary alicyclic amines) is 1. The summed E-state index contributed by atoms with van der Waals surface area (Å²) in [6, 6.07) is 4.33. The van der Waals surface area contributed by atoms with Crippen molar-refractivity contribution in [1.82, 2.24) is 14.9 Å². The van der Waals surface area contributed by atoms with E-state index in [0.29, 0.717) is 48.3 Å². The van der Waals surface area contributed by atoms with Crippen LogP contribution in [-0.2, 0) is 9.47 Å². The van der Waals surface area contributed by atoms with Gasteiger partial charge in [0, 0.05) is 41.4 Å². The van der Waals surface area contributed by atoms with E-state index < -0.39 is 0 Å². The molecule has 0 radical (unpaired) electrons. The zero-order valence-electron chi connectivity index (χ0n) is 18.5. The average Bonchev–Trinajstić information content (AvgIpc) is 3.35. The number of ether oxygens (including phenoxy) is 3. The third-order valence-electron chi connectivity index (χ3n) is 6.84. The number of carbonyl (C=O) groups excluding carboxylic acids is 1. The highest BCUT2D eigenvalue weighted by Gasteiger charge is 2.47. The topological polar surface area (TPSA) is 73.8 Å². The summed E-state index contributed by atoms with van der Waals surface area (Å²) in [5, 5.41) is 2.26. The van der Waals surface area contributed by atoms with Gasteiger partial charge in [-0.25, -0.2) is 19.2 Å². The summed E-state index contributed by atoms with van der Waals surface area (Å²) in [5.41, 5.74) is 1.93. The quantitative estimate of drug-likeness (QED) is 0.489. The lowest BCUT2D eigenvalue weighted by molar-refractivity contribution is -0.111. The third-order valence-corrected chi connectivity index (χ3v) is 8.11. The van der Waals surface area contributed by atoms with Crippen molar-refractivity contribution in [3.05, 3.63) is 40.7 Å². The van der Waals surface area contributed by atoms with E-state index in [4.69, 9.17) is 25.8 Å². The molecule has 1 amide bonds. The lowest BCUT2D eigenvalue weighted by atomic mass is 9.84. The zero-order valence-corrected chi connectivity index (χ0v) is 20.1. The lowest BCUT2D eigenvalue weighted by Gasteiger charge is -2.46. The predicted octanol–water partition coefficient (Wildman–Crippen LogP) is 5.17. The number of rotatable bonds is 4. The fraction of sp³-hybridized carbons (Fsp3) is 0.458. The molecule has 10 heteroatoms. The van der Waals surface area contributed by atoms with Crippen LogP contribution in [0.25, 0.3) is 21.3 Å². The van der Waals surface area contributed by atoms with Gasteiger partial charge in [0.2, 0.25) is 5.88 Å². The number of aromatic nitrogens is 2. The van der Waals surface area contributed by atoms with Crippen molar-refractivity contribution >= 4 is 39.2 Å². The van der Waals surface area contributed by atoms with E-state index >= 15 is 0 Å². The molecule has 1 saturated carbocycles. The van der Waals surface area contributed by atoms with Crippen molar-refractivity contribution in [3.63, 3.8) is 0 Å². The smallest absolute Gasteiger partial charge is 0.410 e. The number of hydrogen-bond acceptors (Lipinski definition) is 7. The Morgan fingerprint density at radius 2 is 2.00 bits per heavy atom. The summed E-state index contributed by atoms with van der Waals surface area (Å²) in [6.45, 7) is 4.03. The van der Waals surface area contributed by atoms with Crippen molar-refractivity contribution in [2.75, 3.05) is 26.3 Å². The number of amides is 1. The fourth-order valence-electron chi connectivity index (χ4n) is 4.74. The normalized spacial score (nSPS) is 25.3. The SMILES string of the molecule is CC1(OC(=O)N2CC3COCC(C2)C3Oc2ncnc3c(-c4ccc(F)cc4Cl)csc23)CC1. The maximum Gasteiger partial charge on any atom is 0.410 e. The molecule has 3 fully saturated rings. The first kappa shape index (κ1) is 22.0. The summed E-state index contributed by atoms with van der Waals surface area (Å²) >= 11 is 7.76. The molecule has 2 aliphatic heterocycles. The van der Waals surface area contributed by atoms with Gasteiger partial charge in [-0.1, -0.05) is 11.6 Å². The zero-order chi connectivity index (χ0) is 23.4. The van der Waals surface area contributed by atoms with Crippen LogP contribution < -0.4 is 4.74 Å². The van der Waals surface area contributed by atoms with E-state index in [1.165, 1.54) is 29.8 Å². The summed E-state index contributed by atoms with van der Waals surface area (Å²) in [6.07, 6.45) is 2.93. The second kappa shape index (κ2) is 8.32. The highest BCUT2D eigenvalue weighted by molar-refractivity contribution is 7.18. The molecule has 178 valence electrons. The van der Waals surface area contributed by atoms with Crippen LogP contribution in [0.4, 0.5) is 9.18 Å². The summed E-state index contributed by atoms with van der Waals surface area (Å²) in [7, 11) is 0. The number of nitrogens with zero attached hydrogens (tertiary/aromatic N) is 3. The van der Waals surface area contributed by atoms with Gasteiger partial charge in [0.15, 0.2) is 0 Å². The van der Waals surface area contributed by atoms with Crippen LogP contribution in [0.5, 0.6) is 5.88 Å². The molecule has 6 rings (SSSR count). The monoisotopic (exact) mass is 503 g/mol. The van der Waals surface area contributed by atoms with Gasteiger partial charge in [-0.3, -0.25) is 0 Å². The second-order valence-corrected chi connectivity index (χ2v) is 10.8. The van der Waals surface area contributed by atoms with Crippen LogP contribution in [0.3, 0.4) is 0 Å². The average molecular weight is 504 g/mol. The number of carbonyl (C=O) groups is 1. The maximum absolute atomic E-state index is 13.5. The lowest BCUT2D eigenvalue weighted by Crippen LogP contribution is -2.59. The van der Waals surface area contributed by atoms with Crippen molar-refractivity contribution in [1.29, 1.82) is 0 Å². The molecule has 3 aliphatic rings. The minimum Gasteiger partial charge on any atom is -0.472 e. The van der Waals surface area contributed by atoms with Crippen LogP contribution in [0, 0.1) is 17.7 Å². The Morgan fingerprint density at radius 1 is 1.24 bits per heavy atom. The molecule has 2 unspecified atom stereocenters. The molecule has 34 heavy (non-hydrogen) atoms. The Kier molecular flexibility index (Phi) is 5.38. The molecule has 1 aliphatic carbocycles. The Balaban J connectivity index is 1.25. The van der Waals surface area contributed by atoms with Crippen molar-refractivity contribution in [2.24, 2.45) is 11.8 Å². The van der Waals surface area contributed by atoms with Crippen molar-refractivity contribution < 1.29 is 23.4 Å². The standard InChI is InChI=1S/C24H23ClFN3O4S/c1-24(4-5-24)33-23(30)29-7-13-9-31-10-14(8-29)20(13)32-22-21-19(27-12-28-22)17(11-34-21)16-3-2-15(26)6-18(16)25/h2-3,6,11-14,20H,4-5,7-10H2,1H3. The van der Waals surface area contributed by atoms with Crippen molar-refractivity contribution in [2.45, 2.75) is 31.5 Å². The van der Waals surface area contributed by atoms with Gasteiger partial charge in [-0.2, -0.15) is 0 Å². The summed E-state index contributed by atoms with van der Waals surface area (Å²) in [5.74, 6) is 0.149. The third kappa shape index (κ3) is 3.99. The first-order valence-electron chi connectivity index (χ1n) is 11.3. The fourth-order valence-corrected chi connectivity index (χ4v) is 5.95. The minimum atomic E-state index is -0.387. The Bertz CT molecular complexity index is 1250. The Labute approximate surface area is 204 Å². The van der Waals surface area contributed by atoms with Gasteiger partial charge in [-0.05, 0) is 38.0 Å². The second-order valence-electron chi connectivity index (χ2n) is 9.49. The molecule has 3 aromatic rings. The van der Waals surface area contributed by atoms with Crippen LogP contribution in [0.2, 0.25) is 5.02 Å². The van der Waals surface area contributed by atoms with E-state index in [0.717, 1.165) is 23.1 Å². The molecule has 2 saturated heterocycles. The van der Waals surface area contributed by atoms with Gasteiger partial charge >= 0.3 is 6.09 Å². The van der Waals surface area contributed by atoms with Crippen LogP contribution in [-0.4, -0.2) is 59.0 Å². The molecule has 0 N–H and O–H groups in total. The number of thiophene rings is 1. The number of halogens is 2. The highest BCUT2D eigenvalue weighted by atomic mass is 35.5. The van der Waals surface area contributed by atoms with E-state index in [9.17, 15) is 9.18 Å². The van der Waals surface area contributed by atoms with Gasteiger partial charge < -0.3 is 19.1 Å². The highest BCUT2D eigenvalue weighted by Crippen LogP contribution is 2.42. The molecule has 1 aromatic carbocycles. The molecule has 4 heterocycles. The largest absolute Gasteiger partial charge is 0.472 e. The molecule has 2 bridgehead atoms. The maximum atomic E-state index is 13.5. The molecular formula is C24H23ClFN3O4S. The summed E-state index contributed by atoms with van der Waals surface area (Å²) < 4.78 is 32.3. The van der Waals surface area contributed by atoms with Crippen molar-refractivity contribution in [3.8, 4) is 17.0 Å². The Morgan fingerprint density at radius 3 is 2.71 bits per heavy atom. The van der Waals surface area contributed by atoms with Crippen LogP contribution >= 0.6 is 22.9 Å². The molecule has 0 spiro atoms. The number of hydrogen-bond donors (Lipinski definition) is 0. The molecule has 2 aromatic heterocycles.